The Bertz CT molecular complexity index is 1540. The second-order valence-corrected chi connectivity index (χ2v) is 10.6. The second-order valence-electron chi connectivity index (χ2n) is 7.99. The number of amides is 1. The molecule has 10 nitrogen and oxygen atoms in total. The van der Waals surface area contributed by atoms with Crippen molar-refractivity contribution in [3.05, 3.63) is 66.2 Å². The van der Waals surface area contributed by atoms with Gasteiger partial charge in [0.1, 0.15) is 11.3 Å². The Morgan fingerprint density at radius 3 is 2.47 bits per heavy atom. The van der Waals surface area contributed by atoms with E-state index in [0.29, 0.717) is 47.0 Å². The number of sulfonamides is 1. The number of carbonyl (C=O) groups excluding carboxylic acids is 1. The first-order valence-corrected chi connectivity index (χ1v) is 14.0. The number of hydrogen-bond donors (Lipinski definition) is 2. The van der Waals surface area contributed by atoms with Crippen LogP contribution in [0.4, 0.5) is 5.69 Å². The Balaban J connectivity index is 1.33. The van der Waals surface area contributed by atoms with E-state index >= 15 is 0 Å². The van der Waals surface area contributed by atoms with Crippen LogP contribution in [0.2, 0.25) is 0 Å². The third kappa shape index (κ3) is 6.50. The van der Waals surface area contributed by atoms with Gasteiger partial charge in [-0.15, -0.1) is 0 Å². The van der Waals surface area contributed by atoms with Crippen LogP contribution in [0.3, 0.4) is 0 Å². The summed E-state index contributed by atoms with van der Waals surface area (Å²) < 4.78 is 49.8. The number of fused-ring (bicyclic) bond motifs is 1. The molecular weight excluding hydrogens is 530 g/mol. The Labute approximate surface area is 224 Å². The molecular formula is C26H27N3O7S2. The Morgan fingerprint density at radius 1 is 0.947 bits per heavy atom. The maximum atomic E-state index is 12.9. The topological polar surface area (TPSA) is 129 Å². The fourth-order valence-electron chi connectivity index (χ4n) is 3.61. The van der Waals surface area contributed by atoms with Gasteiger partial charge in [-0.25, -0.2) is 13.4 Å². The second kappa shape index (κ2) is 12.1. The van der Waals surface area contributed by atoms with Gasteiger partial charge in [0.2, 0.25) is 5.91 Å². The molecule has 38 heavy (non-hydrogen) atoms. The molecule has 1 amide bonds. The highest BCUT2D eigenvalue weighted by molar-refractivity contribution is 7.99. The van der Waals surface area contributed by atoms with Crippen LogP contribution in [0.1, 0.15) is 5.56 Å². The molecule has 0 aliphatic rings. The third-order valence-electron chi connectivity index (χ3n) is 5.51. The molecule has 0 spiro atoms. The molecule has 0 aliphatic carbocycles. The maximum Gasteiger partial charge on any atom is 0.262 e. The van der Waals surface area contributed by atoms with E-state index in [1.165, 1.54) is 25.3 Å². The number of hydrogen-bond acceptors (Lipinski definition) is 9. The lowest BCUT2D eigenvalue weighted by molar-refractivity contribution is -0.118. The Hall–Kier alpha value is -3.90. The molecule has 1 heterocycles. The first-order valence-electron chi connectivity index (χ1n) is 11.5. The average molecular weight is 558 g/mol. The number of nitrogens with zero attached hydrogens (tertiary/aromatic N) is 1. The molecule has 0 bridgehead atoms. The van der Waals surface area contributed by atoms with Crippen LogP contribution >= 0.6 is 11.8 Å². The lowest BCUT2D eigenvalue weighted by Gasteiger charge is -2.11. The first kappa shape index (κ1) is 27.1. The molecule has 2 N–H and O–H groups in total. The number of ether oxygens (including phenoxy) is 3. The molecule has 0 saturated carbocycles. The van der Waals surface area contributed by atoms with E-state index in [1.54, 1.807) is 38.5 Å². The molecule has 0 saturated heterocycles. The predicted molar refractivity (Wildman–Crippen MR) is 145 cm³/mol. The van der Waals surface area contributed by atoms with E-state index < -0.39 is 10.0 Å². The highest BCUT2D eigenvalue weighted by atomic mass is 32.2. The van der Waals surface area contributed by atoms with Gasteiger partial charge in [-0.2, -0.15) is 0 Å². The van der Waals surface area contributed by atoms with E-state index in [9.17, 15) is 13.2 Å². The van der Waals surface area contributed by atoms with Crippen LogP contribution in [0.15, 0.2) is 75.2 Å². The smallest absolute Gasteiger partial charge is 0.262 e. The number of para-hydroxylation sites is 2. The number of benzene rings is 3. The van der Waals surface area contributed by atoms with Crippen molar-refractivity contribution in [1.29, 1.82) is 0 Å². The summed E-state index contributed by atoms with van der Waals surface area (Å²) in [5, 5.41) is 3.13. The molecule has 4 aromatic rings. The van der Waals surface area contributed by atoms with Crippen molar-refractivity contribution < 1.29 is 31.8 Å². The van der Waals surface area contributed by atoms with Crippen LogP contribution in [-0.4, -0.2) is 52.9 Å². The fourth-order valence-corrected chi connectivity index (χ4v) is 5.37. The van der Waals surface area contributed by atoms with Crippen molar-refractivity contribution in [1.82, 2.24) is 10.3 Å². The van der Waals surface area contributed by atoms with Gasteiger partial charge in [0, 0.05) is 6.54 Å². The number of nitrogens with one attached hydrogen (secondary N) is 2. The molecule has 4 rings (SSSR count). The third-order valence-corrected chi connectivity index (χ3v) is 7.70. The minimum absolute atomic E-state index is 0.0219. The quantitative estimate of drug-likeness (QED) is 0.247. The van der Waals surface area contributed by atoms with Crippen LogP contribution in [0.5, 0.6) is 17.2 Å². The number of methoxy groups -OCH3 is 3. The molecule has 0 aliphatic heterocycles. The summed E-state index contributed by atoms with van der Waals surface area (Å²) in [5.41, 5.74) is 2.10. The fraction of sp³-hybridized carbons (Fsp3) is 0.231. The van der Waals surface area contributed by atoms with E-state index in [4.69, 9.17) is 18.6 Å². The van der Waals surface area contributed by atoms with Crippen molar-refractivity contribution in [2.45, 2.75) is 16.5 Å². The number of carbonyl (C=O) groups is 1. The number of thioether (sulfide) groups is 1. The zero-order valence-corrected chi connectivity index (χ0v) is 22.6. The first-order chi connectivity index (χ1) is 18.3. The number of anilines is 1. The lowest BCUT2D eigenvalue weighted by Crippen LogP contribution is -2.27. The molecule has 0 fully saturated rings. The molecule has 0 radical (unpaired) electrons. The molecule has 1 aromatic heterocycles. The summed E-state index contributed by atoms with van der Waals surface area (Å²) in [5.74, 6) is 1.60. The van der Waals surface area contributed by atoms with Gasteiger partial charge in [-0.1, -0.05) is 30.0 Å². The number of oxazole rings is 1. The predicted octanol–water partition coefficient (Wildman–Crippen LogP) is 4.11. The summed E-state index contributed by atoms with van der Waals surface area (Å²) >= 11 is 1.12. The summed E-state index contributed by atoms with van der Waals surface area (Å²) in [6, 6.07) is 16.7. The van der Waals surface area contributed by atoms with Gasteiger partial charge in [0.15, 0.2) is 17.1 Å². The van der Waals surface area contributed by atoms with E-state index in [2.05, 4.69) is 15.0 Å². The normalized spacial score (nSPS) is 11.2. The van der Waals surface area contributed by atoms with Crippen LogP contribution in [0, 0.1) is 0 Å². The zero-order valence-electron chi connectivity index (χ0n) is 21.0. The summed E-state index contributed by atoms with van der Waals surface area (Å²) in [6.45, 7) is 0.447. The molecule has 0 unspecified atom stereocenters. The van der Waals surface area contributed by atoms with Crippen molar-refractivity contribution >= 4 is 44.5 Å². The van der Waals surface area contributed by atoms with E-state index in [0.717, 1.165) is 17.3 Å². The van der Waals surface area contributed by atoms with Gasteiger partial charge in [0.25, 0.3) is 15.2 Å². The summed E-state index contributed by atoms with van der Waals surface area (Å²) in [4.78, 5) is 16.7. The van der Waals surface area contributed by atoms with Gasteiger partial charge in [-0.05, 0) is 54.4 Å². The molecule has 200 valence electrons. The highest BCUT2D eigenvalue weighted by Crippen LogP contribution is 2.29. The van der Waals surface area contributed by atoms with Crippen LogP contribution in [-0.2, 0) is 21.2 Å². The number of aromatic nitrogens is 1. The van der Waals surface area contributed by atoms with Gasteiger partial charge in [-0.3, -0.25) is 9.52 Å². The Morgan fingerprint density at radius 2 is 1.71 bits per heavy atom. The minimum Gasteiger partial charge on any atom is -0.495 e. The lowest BCUT2D eigenvalue weighted by atomic mass is 10.1. The molecule has 3 aromatic carbocycles. The summed E-state index contributed by atoms with van der Waals surface area (Å²) in [6.07, 6.45) is 0.625. The van der Waals surface area contributed by atoms with Crippen molar-refractivity contribution in [2.24, 2.45) is 0 Å². The largest absolute Gasteiger partial charge is 0.495 e. The van der Waals surface area contributed by atoms with Crippen molar-refractivity contribution in [3.8, 4) is 17.2 Å². The highest BCUT2D eigenvalue weighted by Gasteiger charge is 2.19. The average Bonchev–Trinajstić information content (AvgIpc) is 3.34. The van der Waals surface area contributed by atoms with Crippen LogP contribution in [0.25, 0.3) is 11.1 Å². The minimum atomic E-state index is -3.89. The van der Waals surface area contributed by atoms with Gasteiger partial charge < -0.3 is 23.9 Å². The van der Waals surface area contributed by atoms with Crippen molar-refractivity contribution in [3.63, 3.8) is 0 Å². The van der Waals surface area contributed by atoms with E-state index in [-0.39, 0.29) is 21.8 Å². The monoisotopic (exact) mass is 557 g/mol. The van der Waals surface area contributed by atoms with Gasteiger partial charge >= 0.3 is 0 Å². The van der Waals surface area contributed by atoms with Gasteiger partial charge in [0.05, 0.1) is 37.7 Å². The number of rotatable bonds is 12. The maximum absolute atomic E-state index is 12.9. The standard InChI is InChI=1S/C26H27N3O7S2/c1-33-21-7-5-4-6-19(21)29-38(31,32)18-9-11-22-20(15-18)28-26(36-22)37-16-25(30)27-13-12-17-8-10-23(34-2)24(14-17)35-3/h4-11,14-15,29H,12-13,16H2,1-3H3,(H,27,30). The van der Waals surface area contributed by atoms with E-state index in [1.807, 2.05) is 18.2 Å². The Kier molecular flexibility index (Phi) is 8.64. The van der Waals surface area contributed by atoms with Crippen LogP contribution < -0.4 is 24.2 Å². The SMILES string of the molecule is COc1ccccc1NS(=O)(=O)c1ccc2oc(SCC(=O)NCCc3ccc(OC)c(OC)c3)nc2c1. The molecule has 12 heteroatoms. The zero-order chi connectivity index (χ0) is 27.1. The molecule has 0 atom stereocenters. The summed E-state index contributed by atoms with van der Waals surface area (Å²) in [7, 11) is 0.724. The van der Waals surface area contributed by atoms with Crippen molar-refractivity contribution in [2.75, 3.05) is 38.3 Å².